The second kappa shape index (κ2) is 6.30. The van der Waals surface area contributed by atoms with Crippen molar-refractivity contribution < 1.29 is 14.6 Å². The first-order valence-electron chi connectivity index (χ1n) is 5.70. The lowest BCUT2D eigenvalue weighted by atomic mass is 10.1. The zero-order valence-electron chi connectivity index (χ0n) is 10.9. The van der Waals surface area contributed by atoms with E-state index in [-0.39, 0.29) is 12.7 Å². The third-order valence-corrected chi connectivity index (χ3v) is 2.23. The van der Waals surface area contributed by atoms with Gasteiger partial charge in [-0.1, -0.05) is 12.1 Å². The molecule has 0 unspecified atom stereocenters. The summed E-state index contributed by atoms with van der Waals surface area (Å²) in [4.78, 5) is 0. The highest BCUT2D eigenvalue weighted by molar-refractivity contribution is 5.64. The molecule has 1 aromatic rings. The molecule has 0 aromatic heterocycles. The van der Waals surface area contributed by atoms with E-state index in [1.54, 1.807) is 7.11 Å². The molecule has 3 nitrogen and oxygen atoms in total. The van der Waals surface area contributed by atoms with E-state index in [0.717, 1.165) is 16.9 Å². The minimum Gasteiger partial charge on any atom is -0.493 e. The van der Waals surface area contributed by atoms with Gasteiger partial charge in [-0.15, -0.1) is 0 Å². The number of para-hydroxylation sites is 1. The molecule has 94 valence electrons. The standard InChI is InChI=1S/C14H20O3/c1-10(2)17-14-12(8-11(3)9-15)6-5-7-13(14)16-4/h5-8,10,15H,9H2,1-4H3. The molecule has 0 heterocycles. The summed E-state index contributed by atoms with van der Waals surface area (Å²) in [6.07, 6.45) is 1.98. The van der Waals surface area contributed by atoms with Gasteiger partial charge < -0.3 is 14.6 Å². The number of methoxy groups -OCH3 is 1. The summed E-state index contributed by atoms with van der Waals surface area (Å²) in [7, 11) is 1.62. The van der Waals surface area contributed by atoms with Crippen LogP contribution in [0.15, 0.2) is 23.8 Å². The van der Waals surface area contributed by atoms with Gasteiger partial charge in [0.15, 0.2) is 11.5 Å². The van der Waals surface area contributed by atoms with E-state index in [1.165, 1.54) is 0 Å². The van der Waals surface area contributed by atoms with E-state index < -0.39 is 0 Å². The smallest absolute Gasteiger partial charge is 0.168 e. The van der Waals surface area contributed by atoms with Crippen molar-refractivity contribution in [1.29, 1.82) is 0 Å². The highest BCUT2D eigenvalue weighted by atomic mass is 16.5. The molecule has 0 aliphatic rings. The van der Waals surface area contributed by atoms with Crippen molar-refractivity contribution >= 4 is 6.08 Å². The number of ether oxygens (including phenoxy) is 2. The molecule has 0 saturated carbocycles. The van der Waals surface area contributed by atoms with E-state index in [0.29, 0.717) is 5.75 Å². The van der Waals surface area contributed by atoms with Gasteiger partial charge in [0, 0.05) is 5.56 Å². The van der Waals surface area contributed by atoms with Crippen molar-refractivity contribution in [3.05, 3.63) is 29.3 Å². The first-order chi connectivity index (χ1) is 8.08. The summed E-state index contributed by atoms with van der Waals surface area (Å²) in [5, 5.41) is 9.06. The van der Waals surface area contributed by atoms with Crippen LogP contribution in [0, 0.1) is 0 Å². The Labute approximate surface area is 103 Å². The topological polar surface area (TPSA) is 38.7 Å². The minimum absolute atomic E-state index is 0.0400. The second-order valence-electron chi connectivity index (χ2n) is 4.19. The predicted molar refractivity (Wildman–Crippen MR) is 69.5 cm³/mol. The lowest BCUT2D eigenvalue weighted by Crippen LogP contribution is -2.08. The van der Waals surface area contributed by atoms with Crippen LogP contribution in [0.5, 0.6) is 11.5 Å². The van der Waals surface area contributed by atoms with Gasteiger partial charge >= 0.3 is 0 Å². The Kier molecular flexibility index (Phi) is 5.04. The molecule has 3 heteroatoms. The Morgan fingerprint density at radius 2 is 2.12 bits per heavy atom. The van der Waals surface area contributed by atoms with E-state index >= 15 is 0 Å². The van der Waals surface area contributed by atoms with Gasteiger partial charge in [0.25, 0.3) is 0 Å². The average molecular weight is 236 g/mol. The Balaban J connectivity index is 3.19. The van der Waals surface area contributed by atoms with Crippen molar-refractivity contribution in [1.82, 2.24) is 0 Å². The van der Waals surface area contributed by atoms with Crippen LogP contribution in [0.25, 0.3) is 6.08 Å². The molecule has 1 aromatic carbocycles. The fourth-order valence-electron chi connectivity index (χ4n) is 1.48. The summed E-state index contributed by atoms with van der Waals surface area (Å²) in [6, 6.07) is 5.71. The van der Waals surface area contributed by atoms with E-state index in [9.17, 15) is 0 Å². The van der Waals surface area contributed by atoms with Crippen LogP contribution >= 0.6 is 0 Å². The number of aliphatic hydroxyl groups is 1. The molecule has 0 amide bonds. The first kappa shape index (κ1) is 13.6. The highest BCUT2D eigenvalue weighted by Gasteiger charge is 2.10. The SMILES string of the molecule is COc1cccc(C=C(C)CO)c1OC(C)C. The van der Waals surface area contributed by atoms with Crippen molar-refractivity contribution in [3.63, 3.8) is 0 Å². The molecule has 17 heavy (non-hydrogen) atoms. The maximum absolute atomic E-state index is 9.06. The summed E-state index contributed by atoms with van der Waals surface area (Å²) in [6.45, 7) is 5.86. The zero-order chi connectivity index (χ0) is 12.8. The van der Waals surface area contributed by atoms with Crippen LogP contribution in [0.1, 0.15) is 26.3 Å². The molecule has 0 aliphatic heterocycles. The number of benzene rings is 1. The van der Waals surface area contributed by atoms with Gasteiger partial charge in [-0.25, -0.2) is 0 Å². The van der Waals surface area contributed by atoms with E-state index in [4.69, 9.17) is 14.6 Å². The molecule has 0 bridgehead atoms. The lowest BCUT2D eigenvalue weighted by molar-refractivity contribution is 0.229. The normalized spacial score (nSPS) is 11.8. The van der Waals surface area contributed by atoms with Crippen molar-refractivity contribution in [2.24, 2.45) is 0 Å². The largest absolute Gasteiger partial charge is 0.493 e. The van der Waals surface area contributed by atoms with Gasteiger partial charge in [-0.05, 0) is 38.5 Å². The Hall–Kier alpha value is -1.48. The Bertz CT molecular complexity index is 394. The quantitative estimate of drug-likeness (QED) is 0.854. The average Bonchev–Trinajstić information content (AvgIpc) is 2.30. The minimum atomic E-state index is 0.0400. The summed E-state index contributed by atoms with van der Waals surface area (Å²) in [5.74, 6) is 1.43. The molecule has 0 spiro atoms. The Morgan fingerprint density at radius 3 is 2.65 bits per heavy atom. The fourth-order valence-corrected chi connectivity index (χ4v) is 1.48. The van der Waals surface area contributed by atoms with E-state index in [1.807, 2.05) is 45.0 Å². The molecule has 0 fully saturated rings. The number of hydrogen-bond acceptors (Lipinski definition) is 3. The maximum atomic E-state index is 9.06. The molecule has 1 rings (SSSR count). The highest BCUT2D eigenvalue weighted by Crippen LogP contribution is 2.33. The predicted octanol–water partition coefficient (Wildman–Crippen LogP) is 2.88. The number of aliphatic hydroxyl groups excluding tert-OH is 1. The summed E-state index contributed by atoms with van der Waals surface area (Å²) in [5.41, 5.74) is 1.80. The molecule has 0 atom stereocenters. The fraction of sp³-hybridized carbons (Fsp3) is 0.429. The third-order valence-electron chi connectivity index (χ3n) is 2.23. The first-order valence-corrected chi connectivity index (χ1v) is 5.70. The number of rotatable bonds is 5. The van der Waals surface area contributed by atoms with Gasteiger partial charge in [0.2, 0.25) is 0 Å². The second-order valence-corrected chi connectivity index (χ2v) is 4.19. The Morgan fingerprint density at radius 1 is 1.41 bits per heavy atom. The monoisotopic (exact) mass is 236 g/mol. The molecule has 0 saturated heterocycles. The molecular formula is C14H20O3. The van der Waals surface area contributed by atoms with Crippen LogP contribution in [0.4, 0.5) is 0 Å². The maximum Gasteiger partial charge on any atom is 0.168 e. The van der Waals surface area contributed by atoms with Crippen LogP contribution in [-0.4, -0.2) is 24.9 Å². The van der Waals surface area contributed by atoms with Crippen molar-refractivity contribution in [2.45, 2.75) is 26.9 Å². The van der Waals surface area contributed by atoms with Crippen molar-refractivity contribution in [3.8, 4) is 11.5 Å². The van der Waals surface area contributed by atoms with Gasteiger partial charge in [0.05, 0.1) is 19.8 Å². The van der Waals surface area contributed by atoms with E-state index in [2.05, 4.69) is 0 Å². The van der Waals surface area contributed by atoms with Crippen molar-refractivity contribution in [2.75, 3.05) is 13.7 Å². The van der Waals surface area contributed by atoms with Crippen LogP contribution in [0.3, 0.4) is 0 Å². The van der Waals surface area contributed by atoms with Gasteiger partial charge in [-0.3, -0.25) is 0 Å². The zero-order valence-corrected chi connectivity index (χ0v) is 10.9. The van der Waals surface area contributed by atoms with Gasteiger partial charge in [-0.2, -0.15) is 0 Å². The lowest BCUT2D eigenvalue weighted by Gasteiger charge is -2.16. The molecule has 1 N–H and O–H groups in total. The molecule has 0 aliphatic carbocycles. The number of hydrogen-bond donors (Lipinski definition) is 1. The summed E-state index contributed by atoms with van der Waals surface area (Å²) >= 11 is 0. The molecular weight excluding hydrogens is 216 g/mol. The van der Waals surface area contributed by atoms with Crippen LogP contribution in [0.2, 0.25) is 0 Å². The summed E-state index contributed by atoms with van der Waals surface area (Å²) < 4.78 is 11.0. The third kappa shape index (κ3) is 3.79. The van der Waals surface area contributed by atoms with Crippen LogP contribution < -0.4 is 9.47 Å². The van der Waals surface area contributed by atoms with Crippen LogP contribution in [-0.2, 0) is 0 Å². The van der Waals surface area contributed by atoms with Gasteiger partial charge in [0.1, 0.15) is 0 Å². The molecule has 0 radical (unpaired) electrons.